The van der Waals surface area contributed by atoms with Crippen molar-refractivity contribution in [3.63, 3.8) is 0 Å². The molecule has 4 nitrogen and oxygen atoms in total. The van der Waals surface area contributed by atoms with E-state index < -0.39 is 5.97 Å². The number of halogens is 2. The monoisotopic (exact) mass is 351 g/mol. The highest BCUT2D eigenvalue weighted by molar-refractivity contribution is 6.39. The normalized spacial score (nSPS) is 11.7. The van der Waals surface area contributed by atoms with E-state index in [4.69, 9.17) is 23.2 Å². The second kappa shape index (κ2) is 7.49. The summed E-state index contributed by atoms with van der Waals surface area (Å²) in [6, 6.07) is 12.2. The van der Waals surface area contributed by atoms with Crippen LogP contribution in [0.2, 0.25) is 10.0 Å². The number of ether oxygens (including phenoxy) is 1. The lowest BCUT2D eigenvalue weighted by Crippen LogP contribution is -2.26. The molecule has 0 spiro atoms. The summed E-state index contributed by atoms with van der Waals surface area (Å²) in [7, 11) is 1.23. The van der Waals surface area contributed by atoms with Crippen molar-refractivity contribution in [1.82, 2.24) is 5.32 Å². The van der Waals surface area contributed by atoms with Gasteiger partial charge < -0.3 is 10.1 Å². The zero-order valence-electron chi connectivity index (χ0n) is 12.6. The molecular weight excluding hydrogens is 337 g/mol. The van der Waals surface area contributed by atoms with Gasteiger partial charge in [-0.15, -0.1) is 0 Å². The van der Waals surface area contributed by atoms with Crippen LogP contribution in [0.1, 0.15) is 39.2 Å². The summed E-state index contributed by atoms with van der Waals surface area (Å²) in [5.74, 6) is -0.980. The Morgan fingerprint density at radius 3 is 2.17 bits per heavy atom. The van der Waals surface area contributed by atoms with Gasteiger partial charge in [0.25, 0.3) is 5.91 Å². The van der Waals surface area contributed by atoms with E-state index in [1.54, 1.807) is 0 Å². The molecule has 0 saturated heterocycles. The van der Waals surface area contributed by atoms with Crippen molar-refractivity contribution in [2.24, 2.45) is 0 Å². The van der Waals surface area contributed by atoms with E-state index in [0.717, 1.165) is 5.56 Å². The van der Waals surface area contributed by atoms with Crippen LogP contribution in [0.25, 0.3) is 0 Å². The first-order valence-electron chi connectivity index (χ1n) is 6.87. The Labute approximate surface area is 144 Å². The number of carbonyl (C=O) groups excluding carboxylic acids is 2. The van der Waals surface area contributed by atoms with Crippen LogP contribution in [-0.4, -0.2) is 19.0 Å². The lowest BCUT2D eigenvalue weighted by Gasteiger charge is -2.15. The summed E-state index contributed by atoms with van der Waals surface area (Å²) in [6.45, 7) is 1.87. The van der Waals surface area contributed by atoms with Crippen LogP contribution >= 0.6 is 23.2 Å². The summed E-state index contributed by atoms with van der Waals surface area (Å²) in [5, 5.41) is 3.00. The molecule has 1 atom stereocenters. The number of methoxy groups -OCH3 is 1. The molecule has 6 heteroatoms. The van der Waals surface area contributed by atoms with Crippen LogP contribution in [0, 0.1) is 0 Å². The van der Waals surface area contributed by atoms with Crippen molar-refractivity contribution in [3.05, 3.63) is 69.2 Å². The molecule has 2 aromatic carbocycles. The lowest BCUT2D eigenvalue weighted by atomic mass is 10.1. The molecule has 0 aliphatic carbocycles. The summed E-state index contributed by atoms with van der Waals surface area (Å²) in [5.41, 5.74) is 1.29. The molecule has 0 bridgehead atoms. The zero-order chi connectivity index (χ0) is 17.0. The third kappa shape index (κ3) is 4.03. The van der Waals surface area contributed by atoms with Gasteiger partial charge in [-0.1, -0.05) is 53.5 Å². The second-order valence-corrected chi connectivity index (χ2v) is 5.73. The first kappa shape index (κ1) is 17.3. The van der Waals surface area contributed by atoms with Crippen LogP contribution in [0.5, 0.6) is 0 Å². The maximum absolute atomic E-state index is 12.3. The van der Waals surface area contributed by atoms with Gasteiger partial charge in [-0.3, -0.25) is 4.79 Å². The quantitative estimate of drug-likeness (QED) is 0.836. The molecule has 0 fully saturated rings. The summed E-state index contributed by atoms with van der Waals surface area (Å²) >= 11 is 12.1. The molecule has 0 aliphatic rings. The number of hydrogen-bond donors (Lipinski definition) is 1. The minimum atomic E-state index is -0.649. The number of carbonyl (C=O) groups is 2. The largest absolute Gasteiger partial charge is 0.465 e. The first-order valence-corrected chi connectivity index (χ1v) is 7.62. The number of nitrogens with one attached hydrogen (secondary N) is 1. The number of hydrogen-bond acceptors (Lipinski definition) is 3. The Kier molecular flexibility index (Phi) is 5.64. The molecule has 0 saturated carbocycles. The first-order chi connectivity index (χ1) is 10.9. The van der Waals surface area contributed by atoms with Crippen molar-refractivity contribution in [2.75, 3.05) is 7.11 Å². The van der Waals surface area contributed by atoms with Crippen LogP contribution < -0.4 is 5.32 Å². The van der Waals surface area contributed by atoms with Crippen LogP contribution in [0.3, 0.4) is 0 Å². The van der Waals surface area contributed by atoms with Gasteiger partial charge in [0.15, 0.2) is 0 Å². The minimum Gasteiger partial charge on any atom is -0.465 e. The summed E-state index contributed by atoms with van der Waals surface area (Å²) < 4.78 is 4.61. The Balaban J connectivity index is 2.22. The van der Waals surface area contributed by atoms with E-state index in [1.807, 2.05) is 37.3 Å². The van der Waals surface area contributed by atoms with Crippen molar-refractivity contribution >= 4 is 35.1 Å². The van der Waals surface area contributed by atoms with Gasteiger partial charge in [0, 0.05) is 5.56 Å². The smallest absolute Gasteiger partial charge is 0.340 e. The summed E-state index contributed by atoms with van der Waals surface area (Å²) in [6.07, 6.45) is 0. The van der Waals surface area contributed by atoms with E-state index in [-0.39, 0.29) is 33.1 Å². The Hall–Kier alpha value is -2.04. The molecule has 1 N–H and O–H groups in total. The second-order valence-electron chi connectivity index (χ2n) is 4.91. The fourth-order valence-electron chi connectivity index (χ4n) is 2.11. The predicted molar refractivity (Wildman–Crippen MR) is 90.1 cm³/mol. The number of amides is 1. The third-order valence-electron chi connectivity index (χ3n) is 3.34. The molecular formula is C17H15Cl2NO3. The Morgan fingerprint density at radius 2 is 1.65 bits per heavy atom. The van der Waals surface area contributed by atoms with Crippen molar-refractivity contribution in [2.45, 2.75) is 13.0 Å². The van der Waals surface area contributed by atoms with E-state index >= 15 is 0 Å². The molecule has 0 unspecified atom stereocenters. The lowest BCUT2D eigenvalue weighted by molar-refractivity contribution is 0.0600. The van der Waals surface area contributed by atoms with Gasteiger partial charge in [0.1, 0.15) is 0 Å². The molecule has 120 valence electrons. The van der Waals surface area contributed by atoms with Gasteiger partial charge in [-0.25, -0.2) is 4.79 Å². The maximum Gasteiger partial charge on any atom is 0.340 e. The third-order valence-corrected chi connectivity index (χ3v) is 3.94. The SMILES string of the molecule is COC(=O)c1c(Cl)cc(C(=O)N[C@@H](C)c2ccccc2)cc1Cl. The molecule has 2 aromatic rings. The highest BCUT2D eigenvalue weighted by Gasteiger charge is 2.19. The molecule has 0 radical (unpaired) electrons. The highest BCUT2D eigenvalue weighted by atomic mass is 35.5. The molecule has 0 heterocycles. The van der Waals surface area contributed by atoms with Crippen LogP contribution in [0.4, 0.5) is 0 Å². The van der Waals surface area contributed by atoms with Gasteiger partial charge >= 0.3 is 5.97 Å². The van der Waals surface area contributed by atoms with Gasteiger partial charge in [-0.2, -0.15) is 0 Å². The highest BCUT2D eigenvalue weighted by Crippen LogP contribution is 2.27. The van der Waals surface area contributed by atoms with E-state index in [9.17, 15) is 9.59 Å². The molecule has 2 rings (SSSR count). The Morgan fingerprint density at radius 1 is 1.09 bits per heavy atom. The minimum absolute atomic E-state index is 0.0449. The average Bonchev–Trinajstić information content (AvgIpc) is 2.54. The van der Waals surface area contributed by atoms with E-state index in [2.05, 4.69) is 10.1 Å². The van der Waals surface area contributed by atoms with E-state index in [1.165, 1.54) is 19.2 Å². The molecule has 1 amide bonds. The van der Waals surface area contributed by atoms with E-state index in [0.29, 0.717) is 0 Å². The molecule has 0 aromatic heterocycles. The molecule has 23 heavy (non-hydrogen) atoms. The van der Waals surface area contributed by atoms with Gasteiger partial charge in [0.2, 0.25) is 0 Å². The average molecular weight is 352 g/mol. The van der Waals surface area contributed by atoms with Crippen molar-refractivity contribution in [1.29, 1.82) is 0 Å². The summed E-state index contributed by atoms with van der Waals surface area (Å²) in [4.78, 5) is 23.9. The maximum atomic E-state index is 12.3. The van der Waals surface area contributed by atoms with Gasteiger partial charge in [0.05, 0.1) is 28.8 Å². The predicted octanol–water partition coefficient (Wildman–Crippen LogP) is 4.27. The fraction of sp³-hybridized carbons (Fsp3) is 0.176. The number of esters is 1. The van der Waals surface area contributed by atoms with Crippen LogP contribution in [0.15, 0.2) is 42.5 Å². The molecule has 0 aliphatic heterocycles. The number of benzene rings is 2. The standard InChI is InChI=1S/C17H15Cl2NO3/c1-10(11-6-4-3-5-7-11)20-16(21)12-8-13(18)15(14(19)9-12)17(22)23-2/h3-10H,1-2H3,(H,20,21)/t10-/m0/s1. The van der Waals surface area contributed by atoms with Crippen LogP contribution in [-0.2, 0) is 4.74 Å². The Bertz CT molecular complexity index is 709. The van der Waals surface area contributed by atoms with Crippen molar-refractivity contribution < 1.29 is 14.3 Å². The van der Waals surface area contributed by atoms with Gasteiger partial charge in [-0.05, 0) is 24.6 Å². The number of rotatable bonds is 4. The van der Waals surface area contributed by atoms with Crippen molar-refractivity contribution in [3.8, 4) is 0 Å². The zero-order valence-corrected chi connectivity index (χ0v) is 14.1. The topological polar surface area (TPSA) is 55.4 Å². The fourth-order valence-corrected chi connectivity index (χ4v) is 2.75.